The molecule has 0 bridgehead atoms. The van der Waals surface area contributed by atoms with Gasteiger partial charge < -0.3 is 10.6 Å². The van der Waals surface area contributed by atoms with Crippen LogP contribution in [0.3, 0.4) is 0 Å². The molecular weight excluding hydrogens is 186 g/mol. The van der Waals surface area contributed by atoms with Gasteiger partial charge in [-0.15, -0.1) is 0 Å². The number of aliphatic imine (C=N–C) groups is 1. The van der Waals surface area contributed by atoms with Crippen LogP contribution >= 0.6 is 0 Å². The zero-order chi connectivity index (χ0) is 11.1. The molecule has 0 aliphatic carbocycles. The molecule has 0 saturated carbocycles. The molecule has 0 fully saturated rings. The number of hydrogen-bond donors (Lipinski definition) is 1. The van der Waals surface area contributed by atoms with Gasteiger partial charge >= 0.3 is 0 Å². The summed E-state index contributed by atoms with van der Waals surface area (Å²) in [7, 11) is 0. The summed E-state index contributed by atoms with van der Waals surface area (Å²) in [6.45, 7) is 7.90. The van der Waals surface area contributed by atoms with Crippen LogP contribution in [0.15, 0.2) is 16.9 Å². The maximum absolute atomic E-state index is 5.69. The summed E-state index contributed by atoms with van der Waals surface area (Å²) >= 11 is 0. The van der Waals surface area contributed by atoms with E-state index in [1.807, 2.05) is 6.21 Å². The monoisotopic (exact) mass is 209 g/mol. The quantitative estimate of drug-likeness (QED) is 0.727. The molecule has 1 aliphatic rings. The Morgan fingerprint density at radius 1 is 1.53 bits per heavy atom. The van der Waals surface area contributed by atoms with Crippen LogP contribution < -0.4 is 5.73 Å². The smallest absolute Gasteiger partial charge is 0.119 e. The molecule has 1 heterocycles. The van der Waals surface area contributed by atoms with Crippen LogP contribution in [0.2, 0.25) is 0 Å². The van der Waals surface area contributed by atoms with E-state index in [-0.39, 0.29) is 0 Å². The first-order chi connectivity index (χ1) is 7.26. The minimum atomic E-state index is 0.555. The Balaban J connectivity index is 2.35. The third-order valence-electron chi connectivity index (χ3n) is 2.82. The summed E-state index contributed by atoms with van der Waals surface area (Å²) in [5.41, 5.74) is 5.69. The number of nitrogens with two attached hydrogens (primary N) is 1. The van der Waals surface area contributed by atoms with Crippen LogP contribution in [0, 0.1) is 5.92 Å². The van der Waals surface area contributed by atoms with Crippen LogP contribution in [0.5, 0.6) is 0 Å². The van der Waals surface area contributed by atoms with Crippen LogP contribution in [-0.2, 0) is 0 Å². The van der Waals surface area contributed by atoms with Crippen LogP contribution in [0.25, 0.3) is 0 Å². The fourth-order valence-corrected chi connectivity index (χ4v) is 1.87. The Morgan fingerprint density at radius 2 is 2.33 bits per heavy atom. The van der Waals surface area contributed by atoms with Gasteiger partial charge in [-0.3, -0.25) is 0 Å². The maximum Gasteiger partial charge on any atom is 0.119 e. The Kier molecular flexibility index (Phi) is 5.40. The SMILES string of the molecule is CCCCN(CC)CC1C=C(N)N=CC1. The fraction of sp³-hybridized carbons (Fsp3) is 0.750. The van der Waals surface area contributed by atoms with Crippen molar-refractivity contribution >= 4 is 6.21 Å². The first-order valence-electron chi connectivity index (χ1n) is 5.98. The number of unbranched alkanes of at least 4 members (excludes halogenated alkanes) is 1. The van der Waals surface area contributed by atoms with Crippen molar-refractivity contribution in [3.63, 3.8) is 0 Å². The van der Waals surface area contributed by atoms with E-state index < -0.39 is 0 Å². The van der Waals surface area contributed by atoms with Gasteiger partial charge in [-0.2, -0.15) is 0 Å². The van der Waals surface area contributed by atoms with E-state index in [1.165, 1.54) is 19.4 Å². The van der Waals surface area contributed by atoms with Crippen molar-refractivity contribution in [2.24, 2.45) is 16.6 Å². The van der Waals surface area contributed by atoms with E-state index in [1.54, 1.807) is 0 Å². The first-order valence-corrected chi connectivity index (χ1v) is 5.98. The summed E-state index contributed by atoms with van der Waals surface area (Å²) < 4.78 is 0. The zero-order valence-electron chi connectivity index (χ0n) is 9.95. The van der Waals surface area contributed by atoms with Gasteiger partial charge in [0, 0.05) is 12.8 Å². The van der Waals surface area contributed by atoms with E-state index in [0.717, 1.165) is 19.5 Å². The molecule has 1 unspecified atom stereocenters. The van der Waals surface area contributed by atoms with Gasteiger partial charge in [0.1, 0.15) is 5.82 Å². The standard InChI is InChI=1S/C12H23N3/c1-3-5-8-15(4-2)10-11-6-7-14-12(13)9-11/h7,9,11H,3-6,8,10,13H2,1-2H3. The normalized spacial score (nSPS) is 20.7. The molecule has 3 nitrogen and oxygen atoms in total. The van der Waals surface area contributed by atoms with E-state index >= 15 is 0 Å². The summed E-state index contributed by atoms with van der Waals surface area (Å²) in [5, 5.41) is 0. The zero-order valence-corrected chi connectivity index (χ0v) is 9.95. The molecule has 0 aromatic heterocycles. The Labute approximate surface area is 93.1 Å². The lowest BCUT2D eigenvalue weighted by Crippen LogP contribution is -2.31. The average molecular weight is 209 g/mol. The molecule has 0 saturated heterocycles. The van der Waals surface area contributed by atoms with Gasteiger partial charge in [0.25, 0.3) is 0 Å². The molecule has 0 spiro atoms. The highest BCUT2D eigenvalue weighted by Crippen LogP contribution is 2.13. The minimum Gasteiger partial charge on any atom is -0.384 e. The molecule has 86 valence electrons. The van der Waals surface area contributed by atoms with Crippen LogP contribution in [0.1, 0.15) is 33.1 Å². The van der Waals surface area contributed by atoms with Crippen molar-refractivity contribution in [3.8, 4) is 0 Å². The highest BCUT2D eigenvalue weighted by atomic mass is 15.1. The van der Waals surface area contributed by atoms with Crippen molar-refractivity contribution in [1.29, 1.82) is 0 Å². The summed E-state index contributed by atoms with van der Waals surface area (Å²) in [5.74, 6) is 1.23. The lowest BCUT2D eigenvalue weighted by Gasteiger charge is -2.25. The number of rotatable bonds is 6. The van der Waals surface area contributed by atoms with Crippen molar-refractivity contribution in [1.82, 2.24) is 4.90 Å². The van der Waals surface area contributed by atoms with Gasteiger partial charge in [-0.1, -0.05) is 20.3 Å². The number of hydrogen-bond acceptors (Lipinski definition) is 3. The maximum atomic E-state index is 5.69. The average Bonchev–Trinajstić information content (AvgIpc) is 2.24. The van der Waals surface area contributed by atoms with Gasteiger partial charge in [0.2, 0.25) is 0 Å². The Morgan fingerprint density at radius 3 is 2.93 bits per heavy atom. The molecule has 0 amide bonds. The lowest BCUT2D eigenvalue weighted by molar-refractivity contribution is 0.257. The molecular formula is C12H23N3. The lowest BCUT2D eigenvalue weighted by atomic mass is 10.0. The molecule has 1 atom stereocenters. The van der Waals surface area contributed by atoms with Crippen molar-refractivity contribution in [2.75, 3.05) is 19.6 Å². The van der Waals surface area contributed by atoms with Crippen LogP contribution in [-0.4, -0.2) is 30.7 Å². The van der Waals surface area contributed by atoms with Crippen molar-refractivity contribution in [2.45, 2.75) is 33.1 Å². The molecule has 0 aromatic carbocycles. The highest BCUT2D eigenvalue weighted by Gasteiger charge is 2.12. The topological polar surface area (TPSA) is 41.6 Å². The fourth-order valence-electron chi connectivity index (χ4n) is 1.87. The van der Waals surface area contributed by atoms with Gasteiger partial charge in [-0.25, -0.2) is 4.99 Å². The summed E-state index contributed by atoms with van der Waals surface area (Å²) in [6.07, 6.45) is 7.61. The second-order valence-corrected chi connectivity index (χ2v) is 4.15. The predicted molar refractivity (Wildman–Crippen MR) is 65.9 cm³/mol. The van der Waals surface area contributed by atoms with E-state index in [9.17, 15) is 0 Å². The summed E-state index contributed by atoms with van der Waals surface area (Å²) in [6, 6.07) is 0. The van der Waals surface area contributed by atoms with Gasteiger partial charge in [0.15, 0.2) is 0 Å². The first kappa shape index (κ1) is 12.2. The highest BCUT2D eigenvalue weighted by molar-refractivity contribution is 5.61. The van der Waals surface area contributed by atoms with E-state index in [0.29, 0.717) is 11.7 Å². The Bertz CT molecular complexity index is 233. The predicted octanol–water partition coefficient (Wildman–Crippen LogP) is 2.00. The van der Waals surface area contributed by atoms with Crippen molar-refractivity contribution < 1.29 is 0 Å². The second-order valence-electron chi connectivity index (χ2n) is 4.15. The molecule has 1 rings (SSSR count). The van der Waals surface area contributed by atoms with Gasteiger partial charge in [0.05, 0.1) is 0 Å². The van der Waals surface area contributed by atoms with Crippen molar-refractivity contribution in [3.05, 3.63) is 11.9 Å². The molecule has 3 heteroatoms. The van der Waals surface area contributed by atoms with Gasteiger partial charge in [-0.05, 0) is 37.9 Å². The molecule has 0 aromatic rings. The number of nitrogens with zero attached hydrogens (tertiary/aromatic N) is 2. The molecule has 0 radical (unpaired) electrons. The minimum absolute atomic E-state index is 0.555. The summed E-state index contributed by atoms with van der Waals surface area (Å²) in [4.78, 5) is 6.57. The third-order valence-corrected chi connectivity index (χ3v) is 2.82. The van der Waals surface area contributed by atoms with Crippen LogP contribution in [0.4, 0.5) is 0 Å². The Hall–Kier alpha value is -0.830. The largest absolute Gasteiger partial charge is 0.384 e. The molecule has 1 aliphatic heterocycles. The van der Waals surface area contributed by atoms with E-state index in [2.05, 4.69) is 29.8 Å². The third kappa shape index (κ3) is 4.47. The second kappa shape index (κ2) is 6.62. The molecule has 15 heavy (non-hydrogen) atoms. The molecule has 2 N–H and O–H groups in total. The van der Waals surface area contributed by atoms with E-state index in [4.69, 9.17) is 5.73 Å².